The number of hydrogen-bond donors (Lipinski definition) is 3. The molecule has 2 rings (SSSR count). The molecule has 1 aliphatic rings. The second-order valence-electron chi connectivity index (χ2n) is 6.06. The number of carbonyl (C=O) groups is 1. The maximum Gasteiger partial charge on any atom is 0.342 e. The van der Waals surface area contributed by atoms with Crippen molar-refractivity contribution in [1.82, 2.24) is 0 Å². The summed E-state index contributed by atoms with van der Waals surface area (Å²) in [5.41, 5.74) is 0.500. The smallest absolute Gasteiger partial charge is 0.342 e. The summed E-state index contributed by atoms with van der Waals surface area (Å²) in [7, 11) is 0. The number of allylic oxidation sites excluding steroid dienone is 1. The molecule has 0 radical (unpaired) electrons. The molecule has 1 aliphatic heterocycles. The quantitative estimate of drug-likeness (QED) is 0.638. The Bertz CT molecular complexity index is 579. The average molecular weight is 320 g/mol. The summed E-state index contributed by atoms with van der Waals surface area (Å²) in [6, 6.07) is 2.57. The molecule has 0 spiro atoms. The van der Waals surface area contributed by atoms with Crippen LogP contribution in [0.5, 0.6) is 11.5 Å². The number of carbonyl (C=O) groups excluding carboxylic acids is 1. The zero-order valence-corrected chi connectivity index (χ0v) is 13.4. The molecule has 1 heterocycles. The second kappa shape index (κ2) is 8.02. The van der Waals surface area contributed by atoms with Crippen molar-refractivity contribution in [3.05, 3.63) is 29.3 Å². The number of benzene rings is 1. The molecule has 5 nitrogen and oxygen atoms in total. The Morgan fingerprint density at radius 2 is 1.87 bits per heavy atom. The van der Waals surface area contributed by atoms with Crippen LogP contribution in [-0.4, -0.2) is 33.5 Å². The Morgan fingerprint density at radius 1 is 1.13 bits per heavy atom. The largest absolute Gasteiger partial charge is 0.508 e. The first-order chi connectivity index (χ1) is 11.0. The third kappa shape index (κ3) is 4.99. The van der Waals surface area contributed by atoms with Crippen LogP contribution in [0.4, 0.5) is 0 Å². The van der Waals surface area contributed by atoms with E-state index in [4.69, 9.17) is 4.74 Å². The number of fused-ring (bicyclic) bond motifs is 1. The number of cyclic esters (lactones) is 1. The highest BCUT2D eigenvalue weighted by atomic mass is 16.5. The molecule has 0 amide bonds. The van der Waals surface area contributed by atoms with Crippen LogP contribution >= 0.6 is 0 Å². The first kappa shape index (κ1) is 17.3. The van der Waals surface area contributed by atoms with Crippen LogP contribution in [0.1, 0.15) is 61.4 Å². The lowest BCUT2D eigenvalue weighted by molar-refractivity contribution is 0.0307. The summed E-state index contributed by atoms with van der Waals surface area (Å²) in [6.07, 6.45) is 7.39. The van der Waals surface area contributed by atoms with E-state index in [0.717, 1.165) is 31.7 Å². The standard InChI is InChI=1S/C18H24O5/c1-12-6-5-9-14(19)8-4-2-3-7-13-10-15(20)11-16(21)17(13)18(22)23-12/h3,7,10-12,14,19-21H,2,4-6,8-9H2,1H3/b7-3+/t12-,14+/m1/s1. The van der Waals surface area contributed by atoms with Crippen molar-refractivity contribution in [3.63, 3.8) is 0 Å². The van der Waals surface area contributed by atoms with E-state index in [1.165, 1.54) is 6.07 Å². The predicted octanol–water partition coefficient (Wildman–Crippen LogP) is 3.37. The molecule has 0 aromatic heterocycles. The SMILES string of the molecule is C[C@@H]1CCC[C@@H](O)CCC/C=C/c2cc(O)cc(O)c2C(=O)O1. The molecule has 23 heavy (non-hydrogen) atoms. The van der Waals surface area contributed by atoms with Gasteiger partial charge in [-0.15, -0.1) is 0 Å². The molecule has 0 unspecified atom stereocenters. The summed E-state index contributed by atoms with van der Waals surface area (Å²) >= 11 is 0. The third-order valence-electron chi connectivity index (χ3n) is 4.00. The van der Waals surface area contributed by atoms with Crippen LogP contribution in [-0.2, 0) is 4.74 Å². The number of aliphatic hydroxyl groups is 1. The Balaban J connectivity index is 2.30. The second-order valence-corrected chi connectivity index (χ2v) is 6.06. The number of hydrogen-bond acceptors (Lipinski definition) is 5. The molecule has 2 atom stereocenters. The fourth-order valence-corrected chi connectivity index (χ4v) is 2.75. The van der Waals surface area contributed by atoms with Crippen LogP contribution in [0, 0.1) is 0 Å². The summed E-state index contributed by atoms with van der Waals surface area (Å²) in [5.74, 6) is -1.00. The van der Waals surface area contributed by atoms with Crippen molar-refractivity contribution in [2.45, 2.75) is 57.7 Å². The van der Waals surface area contributed by atoms with E-state index in [1.807, 2.05) is 6.08 Å². The van der Waals surface area contributed by atoms with Gasteiger partial charge in [0.25, 0.3) is 0 Å². The number of phenolic OH excluding ortho intramolecular Hbond substituents is 2. The molecular weight excluding hydrogens is 296 g/mol. The first-order valence-corrected chi connectivity index (χ1v) is 8.09. The fraction of sp³-hybridized carbons (Fsp3) is 0.500. The first-order valence-electron chi connectivity index (χ1n) is 8.09. The zero-order valence-electron chi connectivity index (χ0n) is 13.4. The van der Waals surface area contributed by atoms with Crippen molar-refractivity contribution >= 4 is 12.0 Å². The Kier molecular flexibility index (Phi) is 6.04. The van der Waals surface area contributed by atoms with Crippen molar-refractivity contribution in [3.8, 4) is 11.5 Å². The van der Waals surface area contributed by atoms with E-state index in [0.29, 0.717) is 18.4 Å². The van der Waals surface area contributed by atoms with Gasteiger partial charge in [-0.2, -0.15) is 0 Å². The van der Waals surface area contributed by atoms with Gasteiger partial charge < -0.3 is 20.1 Å². The minimum atomic E-state index is -0.604. The van der Waals surface area contributed by atoms with Crippen LogP contribution in [0.25, 0.3) is 6.08 Å². The van der Waals surface area contributed by atoms with Crippen LogP contribution in [0.2, 0.25) is 0 Å². The molecule has 0 saturated carbocycles. The molecule has 0 aliphatic carbocycles. The van der Waals surface area contributed by atoms with Gasteiger partial charge in [-0.25, -0.2) is 4.79 Å². The van der Waals surface area contributed by atoms with Crippen LogP contribution in [0.3, 0.4) is 0 Å². The zero-order chi connectivity index (χ0) is 16.8. The monoisotopic (exact) mass is 320 g/mol. The van der Waals surface area contributed by atoms with Gasteiger partial charge in [0.2, 0.25) is 0 Å². The highest BCUT2D eigenvalue weighted by Crippen LogP contribution is 2.30. The minimum absolute atomic E-state index is 0.0722. The lowest BCUT2D eigenvalue weighted by atomic mass is 10.0. The van der Waals surface area contributed by atoms with Crippen molar-refractivity contribution in [2.24, 2.45) is 0 Å². The maximum absolute atomic E-state index is 12.3. The Hall–Kier alpha value is -2.01. The van der Waals surface area contributed by atoms with E-state index in [1.54, 1.807) is 13.0 Å². The number of esters is 1. The van der Waals surface area contributed by atoms with E-state index in [9.17, 15) is 20.1 Å². The predicted molar refractivity (Wildman–Crippen MR) is 87.4 cm³/mol. The average Bonchev–Trinajstić information content (AvgIpc) is 2.45. The van der Waals surface area contributed by atoms with Crippen molar-refractivity contribution in [1.29, 1.82) is 0 Å². The van der Waals surface area contributed by atoms with Gasteiger partial charge in [0.1, 0.15) is 17.1 Å². The van der Waals surface area contributed by atoms with Crippen molar-refractivity contribution < 1.29 is 24.9 Å². The van der Waals surface area contributed by atoms with Crippen LogP contribution in [0.15, 0.2) is 18.2 Å². The van der Waals surface area contributed by atoms with E-state index >= 15 is 0 Å². The number of aromatic hydroxyl groups is 2. The molecule has 0 saturated heterocycles. The van der Waals surface area contributed by atoms with Gasteiger partial charge in [-0.1, -0.05) is 12.2 Å². The van der Waals surface area contributed by atoms with E-state index < -0.39 is 5.97 Å². The van der Waals surface area contributed by atoms with E-state index in [2.05, 4.69) is 0 Å². The third-order valence-corrected chi connectivity index (χ3v) is 4.00. The molecule has 3 N–H and O–H groups in total. The molecule has 1 aromatic carbocycles. The van der Waals surface area contributed by atoms with Gasteiger partial charge >= 0.3 is 5.97 Å². The molecule has 126 valence electrons. The highest BCUT2D eigenvalue weighted by molar-refractivity contribution is 5.97. The fourth-order valence-electron chi connectivity index (χ4n) is 2.75. The summed E-state index contributed by atoms with van der Waals surface area (Å²) in [5, 5.41) is 29.5. The van der Waals surface area contributed by atoms with Gasteiger partial charge in [-0.05, 0) is 57.1 Å². The molecule has 1 aromatic rings. The molecule has 0 bridgehead atoms. The molecular formula is C18H24O5. The summed E-state index contributed by atoms with van der Waals surface area (Å²) in [4.78, 5) is 12.3. The highest BCUT2D eigenvalue weighted by Gasteiger charge is 2.20. The molecule has 5 heteroatoms. The normalized spacial score (nSPS) is 25.0. The van der Waals surface area contributed by atoms with Crippen LogP contribution < -0.4 is 0 Å². The van der Waals surface area contributed by atoms with Gasteiger partial charge in [0.15, 0.2) is 0 Å². The summed E-state index contributed by atoms with van der Waals surface area (Å²) < 4.78 is 5.38. The lowest BCUT2D eigenvalue weighted by Gasteiger charge is -2.17. The number of phenols is 2. The number of rotatable bonds is 0. The number of ether oxygens (including phenoxy) is 1. The molecule has 0 fully saturated rings. The topological polar surface area (TPSA) is 87.0 Å². The maximum atomic E-state index is 12.3. The minimum Gasteiger partial charge on any atom is -0.508 e. The Labute approximate surface area is 136 Å². The van der Waals surface area contributed by atoms with Gasteiger partial charge in [-0.3, -0.25) is 0 Å². The Morgan fingerprint density at radius 3 is 2.65 bits per heavy atom. The summed E-state index contributed by atoms with van der Waals surface area (Å²) in [6.45, 7) is 1.79. The number of aliphatic hydroxyl groups excluding tert-OH is 1. The van der Waals surface area contributed by atoms with Gasteiger partial charge in [0.05, 0.1) is 12.2 Å². The van der Waals surface area contributed by atoms with Crippen molar-refractivity contribution in [2.75, 3.05) is 0 Å². The lowest BCUT2D eigenvalue weighted by Crippen LogP contribution is -2.17. The van der Waals surface area contributed by atoms with E-state index in [-0.39, 0.29) is 29.3 Å². The van der Waals surface area contributed by atoms with Gasteiger partial charge in [0, 0.05) is 6.07 Å².